The van der Waals surface area contributed by atoms with Gasteiger partial charge in [0.15, 0.2) is 0 Å². The summed E-state index contributed by atoms with van der Waals surface area (Å²) in [5.74, 6) is -0.00259. The molecule has 0 radical (unpaired) electrons. The molecule has 0 bridgehead atoms. The van der Waals surface area contributed by atoms with E-state index in [1.165, 1.54) is 23.9 Å². The molecule has 1 atom stereocenters. The highest BCUT2D eigenvalue weighted by Gasteiger charge is 2.19. The maximum absolute atomic E-state index is 12.4. The molecule has 1 heterocycles. The summed E-state index contributed by atoms with van der Waals surface area (Å²) in [6, 6.07) is 6.21. The van der Waals surface area contributed by atoms with Gasteiger partial charge in [0.25, 0.3) is 5.69 Å². The Hall–Kier alpha value is -2.35. The Morgan fingerprint density at radius 3 is 2.61 bits per heavy atom. The number of hydrogen-bond acceptors (Lipinski definition) is 5. The number of nitro groups is 1. The first-order valence-electron chi connectivity index (χ1n) is 7.00. The van der Waals surface area contributed by atoms with Crippen LogP contribution in [0.4, 0.5) is 5.69 Å². The van der Waals surface area contributed by atoms with Crippen LogP contribution in [-0.4, -0.2) is 37.8 Å². The molecule has 0 saturated heterocycles. The van der Waals surface area contributed by atoms with E-state index in [-0.39, 0.29) is 16.8 Å². The number of non-ortho nitro benzene ring substituents is 1. The van der Waals surface area contributed by atoms with Gasteiger partial charge < -0.3 is 4.90 Å². The van der Waals surface area contributed by atoms with E-state index in [4.69, 9.17) is 0 Å². The van der Waals surface area contributed by atoms with E-state index < -0.39 is 4.92 Å². The molecule has 1 aromatic heterocycles. The second-order valence-electron chi connectivity index (χ2n) is 5.23. The van der Waals surface area contributed by atoms with Crippen molar-refractivity contribution in [1.82, 2.24) is 14.7 Å². The average Bonchev–Trinajstić information content (AvgIpc) is 2.92. The summed E-state index contributed by atoms with van der Waals surface area (Å²) in [4.78, 5) is 25.1. The fourth-order valence-corrected chi connectivity index (χ4v) is 3.10. The number of carbonyl (C=O) groups is 1. The van der Waals surface area contributed by atoms with Gasteiger partial charge in [-0.25, -0.2) is 0 Å². The van der Waals surface area contributed by atoms with Crippen molar-refractivity contribution in [3.05, 3.63) is 52.3 Å². The number of carbonyl (C=O) groups excluding carboxylic acids is 1. The second kappa shape index (κ2) is 7.28. The molecule has 0 spiro atoms. The number of rotatable bonds is 6. The zero-order chi connectivity index (χ0) is 17.0. The fourth-order valence-electron chi connectivity index (χ4n) is 2.12. The van der Waals surface area contributed by atoms with Crippen molar-refractivity contribution in [3.8, 4) is 0 Å². The van der Waals surface area contributed by atoms with Crippen LogP contribution in [0.15, 0.2) is 41.6 Å². The number of thioether (sulfide) groups is 1. The Kier molecular flexibility index (Phi) is 5.38. The van der Waals surface area contributed by atoms with Gasteiger partial charge in [0.1, 0.15) is 0 Å². The van der Waals surface area contributed by atoms with E-state index in [1.54, 1.807) is 35.0 Å². The Balaban J connectivity index is 1.94. The van der Waals surface area contributed by atoms with Crippen LogP contribution < -0.4 is 0 Å². The molecule has 7 nitrogen and oxygen atoms in total. The largest absolute Gasteiger partial charge is 0.340 e. The maximum Gasteiger partial charge on any atom is 0.269 e. The number of nitro benzene ring substituents is 1. The third-order valence-corrected chi connectivity index (χ3v) is 4.36. The Labute approximate surface area is 138 Å². The smallest absolute Gasteiger partial charge is 0.269 e. The first kappa shape index (κ1) is 17.0. The first-order valence-corrected chi connectivity index (χ1v) is 7.88. The Morgan fingerprint density at radius 1 is 1.43 bits per heavy atom. The number of benzene rings is 1. The van der Waals surface area contributed by atoms with Crippen LogP contribution in [0.1, 0.15) is 12.5 Å². The number of aryl methyl sites for hydroxylation is 1. The molecule has 0 fully saturated rings. The van der Waals surface area contributed by atoms with Crippen molar-refractivity contribution in [2.75, 3.05) is 7.05 Å². The lowest BCUT2D eigenvalue weighted by molar-refractivity contribution is -0.384. The first-order chi connectivity index (χ1) is 10.9. The Morgan fingerprint density at radius 2 is 2.09 bits per heavy atom. The summed E-state index contributed by atoms with van der Waals surface area (Å²) in [5.41, 5.74) is 1.01. The number of nitrogens with zero attached hydrogens (tertiary/aromatic N) is 4. The molecule has 0 saturated carbocycles. The van der Waals surface area contributed by atoms with Gasteiger partial charge in [-0.15, -0.1) is 11.8 Å². The van der Waals surface area contributed by atoms with Crippen molar-refractivity contribution < 1.29 is 9.72 Å². The quantitative estimate of drug-likeness (QED) is 0.460. The van der Waals surface area contributed by atoms with Crippen molar-refractivity contribution in [3.63, 3.8) is 0 Å². The van der Waals surface area contributed by atoms with E-state index in [2.05, 4.69) is 5.10 Å². The van der Waals surface area contributed by atoms with Crippen LogP contribution in [0.25, 0.3) is 0 Å². The van der Waals surface area contributed by atoms with Gasteiger partial charge in [0.2, 0.25) is 5.91 Å². The minimum Gasteiger partial charge on any atom is -0.340 e. The highest BCUT2D eigenvalue weighted by Crippen LogP contribution is 2.26. The number of hydrogen-bond donors (Lipinski definition) is 0. The van der Waals surface area contributed by atoms with Crippen LogP contribution in [-0.2, 0) is 18.4 Å². The minimum atomic E-state index is -0.440. The molecule has 0 aliphatic heterocycles. The highest BCUT2D eigenvalue weighted by molar-refractivity contribution is 8.00. The monoisotopic (exact) mass is 334 g/mol. The van der Waals surface area contributed by atoms with Crippen molar-refractivity contribution in [2.45, 2.75) is 23.6 Å². The standard InChI is InChI=1S/C15H18N4O3S/c1-11(23-14-6-4-13(5-7-14)19(21)22)15(20)17(2)9-12-8-16-18(3)10-12/h4-8,10-11H,9H2,1-3H3. The predicted octanol–water partition coefficient (Wildman–Crippen LogP) is 2.47. The van der Waals surface area contributed by atoms with Gasteiger partial charge in [-0.2, -0.15) is 5.10 Å². The van der Waals surface area contributed by atoms with Crippen molar-refractivity contribution in [1.29, 1.82) is 0 Å². The van der Waals surface area contributed by atoms with Gasteiger partial charge in [0.05, 0.1) is 16.4 Å². The van der Waals surface area contributed by atoms with Crippen LogP contribution in [0.2, 0.25) is 0 Å². The van der Waals surface area contributed by atoms with Crippen molar-refractivity contribution in [2.24, 2.45) is 7.05 Å². The lowest BCUT2D eigenvalue weighted by atomic mass is 10.3. The third kappa shape index (κ3) is 4.56. The van der Waals surface area contributed by atoms with Gasteiger partial charge >= 0.3 is 0 Å². The minimum absolute atomic E-state index is 0.00259. The molecule has 23 heavy (non-hydrogen) atoms. The molecule has 2 rings (SSSR count). The lowest BCUT2D eigenvalue weighted by Gasteiger charge is -2.20. The zero-order valence-electron chi connectivity index (χ0n) is 13.2. The van der Waals surface area contributed by atoms with Gasteiger partial charge in [0, 0.05) is 49.4 Å². The molecule has 1 aromatic carbocycles. The SMILES string of the molecule is CC(Sc1ccc([N+](=O)[O-])cc1)C(=O)N(C)Cc1cnn(C)c1. The van der Waals surface area contributed by atoms with Crippen molar-refractivity contribution >= 4 is 23.4 Å². The van der Waals surface area contributed by atoms with E-state index in [0.717, 1.165) is 10.5 Å². The predicted molar refractivity (Wildman–Crippen MR) is 88.1 cm³/mol. The highest BCUT2D eigenvalue weighted by atomic mass is 32.2. The topological polar surface area (TPSA) is 81.3 Å². The molecular weight excluding hydrogens is 316 g/mol. The second-order valence-corrected chi connectivity index (χ2v) is 6.64. The molecule has 1 unspecified atom stereocenters. The lowest BCUT2D eigenvalue weighted by Crippen LogP contribution is -2.32. The van der Waals surface area contributed by atoms with Crippen LogP contribution >= 0.6 is 11.8 Å². The van der Waals surface area contributed by atoms with E-state index in [1.807, 2.05) is 20.2 Å². The van der Waals surface area contributed by atoms with E-state index >= 15 is 0 Å². The molecule has 0 aliphatic carbocycles. The van der Waals surface area contributed by atoms with Crippen LogP contribution in [0, 0.1) is 10.1 Å². The average molecular weight is 334 g/mol. The Bertz CT molecular complexity index is 699. The summed E-state index contributed by atoms with van der Waals surface area (Å²) in [5, 5.41) is 14.4. The van der Waals surface area contributed by atoms with Crippen LogP contribution in [0.3, 0.4) is 0 Å². The number of amides is 1. The van der Waals surface area contributed by atoms with E-state index in [0.29, 0.717) is 6.54 Å². The van der Waals surface area contributed by atoms with Gasteiger partial charge in [-0.05, 0) is 19.1 Å². The fraction of sp³-hybridized carbons (Fsp3) is 0.333. The summed E-state index contributed by atoms with van der Waals surface area (Å²) in [6.07, 6.45) is 3.61. The summed E-state index contributed by atoms with van der Waals surface area (Å²) in [6.45, 7) is 2.33. The van der Waals surface area contributed by atoms with Gasteiger partial charge in [-0.1, -0.05) is 0 Å². The molecule has 0 N–H and O–H groups in total. The van der Waals surface area contributed by atoms with Crippen LogP contribution in [0.5, 0.6) is 0 Å². The summed E-state index contributed by atoms with van der Waals surface area (Å²) in [7, 11) is 3.58. The molecule has 8 heteroatoms. The van der Waals surface area contributed by atoms with Gasteiger partial charge in [-0.3, -0.25) is 19.6 Å². The van der Waals surface area contributed by atoms with E-state index in [9.17, 15) is 14.9 Å². The maximum atomic E-state index is 12.4. The zero-order valence-corrected chi connectivity index (χ0v) is 14.0. The molecule has 122 valence electrons. The molecule has 1 amide bonds. The number of aromatic nitrogens is 2. The molecule has 2 aromatic rings. The third-order valence-electron chi connectivity index (χ3n) is 3.26. The molecule has 0 aliphatic rings. The summed E-state index contributed by atoms with van der Waals surface area (Å²) < 4.78 is 1.70. The normalized spacial score (nSPS) is 12.0. The summed E-state index contributed by atoms with van der Waals surface area (Å²) >= 11 is 1.38. The molecular formula is C15H18N4O3S.